The van der Waals surface area contributed by atoms with E-state index in [1.54, 1.807) is 11.3 Å². The highest BCUT2D eigenvalue weighted by molar-refractivity contribution is 7.09. The third-order valence-corrected chi connectivity index (χ3v) is 3.07. The van der Waals surface area contributed by atoms with Crippen molar-refractivity contribution in [2.24, 2.45) is 0 Å². The van der Waals surface area contributed by atoms with Gasteiger partial charge in [0.05, 0.1) is 24.8 Å². The zero-order valence-electron chi connectivity index (χ0n) is 8.72. The minimum absolute atomic E-state index is 0.488. The maximum atomic E-state index is 8.90. The van der Waals surface area contributed by atoms with E-state index in [9.17, 15) is 0 Å². The van der Waals surface area contributed by atoms with E-state index in [1.807, 2.05) is 41.8 Å². The molecule has 0 amide bonds. The molecule has 1 aromatic carbocycles. The summed E-state index contributed by atoms with van der Waals surface area (Å²) in [4.78, 5) is 1.20. The third kappa shape index (κ3) is 2.69. The first kappa shape index (κ1) is 10.9. The summed E-state index contributed by atoms with van der Waals surface area (Å²) in [5, 5.41) is 10.9. The van der Waals surface area contributed by atoms with Crippen LogP contribution in [0.5, 0.6) is 0 Å². The first-order valence-corrected chi connectivity index (χ1v) is 5.86. The molecule has 0 bridgehead atoms. The molecule has 0 atom stereocenters. The normalized spacial score (nSPS) is 9.94. The van der Waals surface area contributed by atoms with E-state index in [-0.39, 0.29) is 0 Å². The lowest BCUT2D eigenvalue weighted by atomic mass is 10.1. The van der Waals surface area contributed by atoms with Gasteiger partial charge in [0.25, 0.3) is 0 Å². The van der Waals surface area contributed by atoms with Crippen molar-refractivity contribution in [3.05, 3.63) is 57.8 Å². The fourth-order valence-corrected chi connectivity index (χ4v) is 2.05. The van der Waals surface area contributed by atoms with Crippen LogP contribution in [0.4, 0.5) is 0 Å². The Hall–Kier alpha value is -1.63. The molecule has 0 fully saturated rings. The maximum absolute atomic E-state index is 8.90. The number of hydrogen-bond donors (Lipinski definition) is 0. The van der Waals surface area contributed by atoms with E-state index in [1.165, 1.54) is 4.88 Å². The van der Waals surface area contributed by atoms with Gasteiger partial charge in [0.2, 0.25) is 0 Å². The van der Waals surface area contributed by atoms with Crippen molar-refractivity contribution < 1.29 is 4.74 Å². The zero-order valence-corrected chi connectivity index (χ0v) is 9.54. The van der Waals surface area contributed by atoms with Gasteiger partial charge in [0.15, 0.2) is 0 Å². The molecule has 0 N–H and O–H groups in total. The molecule has 1 heterocycles. The Kier molecular flexibility index (Phi) is 3.71. The first-order chi connectivity index (χ1) is 7.90. The molecule has 0 saturated heterocycles. The van der Waals surface area contributed by atoms with Crippen LogP contribution >= 0.6 is 11.3 Å². The van der Waals surface area contributed by atoms with Gasteiger partial charge in [-0.1, -0.05) is 24.3 Å². The van der Waals surface area contributed by atoms with Gasteiger partial charge in [-0.3, -0.25) is 0 Å². The SMILES string of the molecule is N#Cc1ccccc1COCc1cccs1. The minimum atomic E-state index is 0.488. The van der Waals surface area contributed by atoms with Crippen LogP contribution in [0.1, 0.15) is 16.0 Å². The van der Waals surface area contributed by atoms with Crippen molar-refractivity contribution in [3.8, 4) is 6.07 Å². The number of nitrogens with zero attached hydrogens (tertiary/aromatic N) is 1. The topological polar surface area (TPSA) is 33.0 Å². The number of thiophene rings is 1. The number of benzene rings is 1. The van der Waals surface area contributed by atoms with Crippen molar-refractivity contribution in [1.82, 2.24) is 0 Å². The van der Waals surface area contributed by atoms with Crippen LogP contribution in [0, 0.1) is 11.3 Å². The average Bonchev–Trinajstić information content (AvgIpc) is 2.83. The molecule has 2 nitrogen and oxygen atoms in total. The predicted octanol–water partition coefficient (Wildman–Crippen LogP) is 3.34. The summed E-state index contributed by atoms with van der Waals surface area (Å²) in [6.07, 6.45) is 0. The van der Waals surface area contributed by atoms with Crippen molar-refractivity contribution in [2.45, 2.75) is 13.2 Å². The lowest BCUT2D eigenvalue weighted by Crippen LogP contribution is -1.95. The van der Waals surface area contributed by atoms with Gasteiger partial charge < -0.3 is 4.74 Å². The van der Waals surface area contributed by atoms with Gasteiger partial charge in [-0.05, 0) is 23.1 Å². The Morgan fingerprint density at radius 3 is 2.75 bits per heavy atom. The highest BCUT2D eigenvalue weighted by Gasteiger charge is 2.01. The Labute approximate surface area is 98.7 Å². The van der Waals surface area contributed by atoms with E-state index in [0.29, 0.717) is 18.8 Å². The zero-order chi connectivity index (χ0) is 11.2. The van der Waals surface area contributed by atoms with Crippen molar-refractivity contribution in [1.29, 1.82) is 5.26 Å². The third-order valence-electron chi connectivity index (χ3n) is 2.22. The minimum Gasteiger partial charge on any atom is -0.371 e. The first-order valence-electron chi connectivity index (χ1n) is 4.98. The summed E-state index contributed by atoms with van der Waals surface area (Å²) in [5.41, 5.74) is 1.63. The van der Waals surface area contributed by atoms with E-state index in [2.05, 4.69) is 6.07 Å². The van der Waals surface area contributed by atoms with Crippen LogP contribution in [0.2, 0.25) is 0 Å². The van der Waals surface area contributed by atoms with E-state index >= 15 is 0 Å². The number of rotatable bonds is 4. The number of nitriles is 1. The van der Waals surface area contributed by atoms with E-state index < -0.39 is 0 Å². The molecule has 0 aliphatic heterocycles. The second-order valence-corrected chi connectivity index (χ2v) is 4.37. The van der Waals surface area contributed by atoms with Crippen LogP contribution in [0.25, 0.3) is 0 Å². The summed E-state index contributed by atoms with van der Waals surface area (Å²) >= 11 is 1.68. The van der Waals surface area contributed by atoms with Crippen LogP contribution in [-0.2, 0) is 18.0 Å². The number of ether oxygens (including phenoxy) is 1. The fourth-order valence-electron chi connectivity index (χ4n) is 1.41. The highest BCUT2D eigenvalue weighted by Crippen LogP contribution is 2.13. The molecule has 3 heteroatoms. The fraction of sp³-hybridized carbons (Fsp3) is 0.154. The molecule has 16 heavy (non-hydrogen) atoms. The molecular weight excluding hydrogens is 218 g/mol. The molecule has 1 aromatic heterocycles. The largest absolute Gasteiger partial charge is 0.371 e. The van der Waals surface area contributed by atoms with Gasteiger partial charge in [0, 0.05) is 4.88 Å². The van der Waals surface area contributed by atoms with Crippen LogP contribution in [0.3, 0.4) is 0 Å². The second-order valence-electron chi connectivity index (χ2n) is 3.34. The second kappa shape index (κ2) is 5.45. The highest BCUT2D eigenvalue weighted by atomic mass is 32.1. The summed E-state index contributed by atoms with van der Waals surface area (Å²) < 4.78 is 5.57. The summed E-state index contributed by atoms with van der Waals surface area (Å²) in [7, 11) is 0. The van der Waals surface area contributed by atoms with Gasteiger partial charge in [-0.2, -0.15) is 5.26 Å². The Balaban J connectivity index is 1.93. The van der Waals surface area contributed by atoms with Gasteiger partial charge >= 0.3 is 0 Å². The van der Waals surface area contributed by atoms with Gasteiger partial charge in [-0.15, -0.1) is 11.3 Å². The van der Waals surface area contributed by atoms with Gasteiger partial charge in [0.1, 0.15) is 0 Å². The van der Waals surface area contributed by atoms with E-state index in [0.717, 1.165) is 5.56 Å². The van der Waals surface area contributed by atoms with Crippen molar-refractivity contribution in [3.63, 3.8) is 0 Å². The summed E-state index contributed by atoms with van der Waals surface area (Å²) in [6.45, 7) is 1.10. The number of hydrogen-bond acceptors (Lipinski definition) is 3. The molecule has 2 rings (SSSR count). The van der Waals surface area contributed by atoms with Crippen LogP contribution < -0.4 is 0 Å². The maximum Gasteiger partial charge on any atom is 0.0995 e. The van der Waals surface area contributed by atoms with E-state index in [4.69, 9.17) is 10.00 Å². The average molecular weight is 229 g/mol. The van der Waals surface area contributed by atoms with Crippen molar-refractivity contribution in [2.75, 3.05) is 0 Å². The molecule has 0 saturated carbocycles. The smallest absolute Gasteiger partial charge is 0.0995 e. The lowest BCUT2D eigenvalue weighted by molar-refractivity contribution is 0.109. The van der Waals surface area contributed by atoms with Crippen LogP contribution in [0.15, 0.2) is 41.8 Å². The molecule has 0 aliphatic carbocycles. The Morgan fingerprint density at radius 1 is 1.12 bits per heavy atom. The lowest BCUT2D eigenvalue weighted by Gasteiger charge is -2.04. The van der Waals surface area contributed by atoms with Crippen molar-refractivity contribution >= 4 is 11.3 Å². The molecule has 0 spiro atoms. The Morgan fingerprint density at radius 2 is 2.00 bits per heavy atom. The quantitative estimate of drug-likeness (QED) is 0.805. The molecule has 0 unspecified atom stereocenters. The molecular formula is C13H11NOS. The molecule has 0 aliphatic rings. The van der Waals surface area contributed by atoms with Crippen LogP contribution in [-0.4, -0.2) is 0 Å². The summed E-state index contributed by atoms with van der Waals surface area (Å²) in [6, 6.07) is 13.7. The van der Waals surface area contributed by atoms with Gasteiger partial charge in [-0.25, -0.2) is 0 Å². The molecule has 80 valence electrons. The monoisotopic (exact) mass is 229 g/mol. The predicted molar refractivity (Wildman–Crippen MR) is 64.0 cm³/mol. The Bertz CT molecular complexity index is 485. The molecule has 0 radical (unpaired) electrons. The summed E-state index contributed by atoms with van der Waals surface area (Å²) in [5.74, 6) is 0. The standard InChI is InChI=1S/C13H11NOS/c14-8-11-4-1-2-5-12(11)9-15-10-13-6-3-7-16-13/h1-7H,9-10H2. The molecule has 2 aromatic rings.